The highest BCUT2D eigenvalue weighted by Crippen LogP contribution is 2.66. The molecule has 1 aliphatic heterocycles. The van der Waals surface area contributed by atoms with Crippen LogP contribution in [0.1, 0.15) is 70.0 Å². The van der Waals surface area contributed by atoms with Crippen molar-refractivity contribution in [3.63, 3.8) is 0 Å². The molecular weight excluding hydrogens is 577 g/mol. The number of halogens is 2. The van der Waals surface area contributed by atoms with Gasteiger partial charge in [0.25, 0.3) is 0 Å². The van der Waals surface area contributed by atoms with Gasteiger partial charge in [-0.3, -0.25) is 4.79 Å². The average Bonchev–Trinajstić information content (AvgIpc) is 3.59. The van der Waals surface area contributed by atoms with Gasteiger partial charge in [-0.2, -0.15) is 0 Å². The molecule has 2 aromatic rings. The fraction of sp³-hybridized carbons (Fsp3) is 0.581. The molecule has 1 N–H and O–H groups in total. The standard InChI is InChI=1S/C31H43BrFNO4Si/c1-8-26(21-9-12-23(33)13-10-21)34-28(35)31(16-24(31)22-11-14-25(32)27(15-22)36-5)17-30(18-37-19-30)20-38-39(6,7)29(2,3)4/h9-15,24,26H,8,16-20H2,1-7H3,(H,34,35). The van der Waals surface area contributed by atoms with Crippen LogP contribution < -0.4 is 10.1 Å². The van der Waals surface area contributed by atoms with Gasteiger partial charge in [0.05, 0.1) is 36.3 Å². The summed E-state index contributed by atoms with van der Waals surface area (Å²) in [5, 5.41) is 3.44. The fourth-order valence-corrected chi connectivity index (χ4v) is 6.93. The van der Waals surface area contributed by atoms with Crippen LogP contribution in [-0.4, -0.2) is 41.2 Å². The molecule has 2 aromatic carbocycles. The third kappa shape index (κ3) is 6.29. The lowest BCUT2D eigenvalue weighted by molar-refractivity contribution is -0.154. The Morgan fingerprint density at radius 2 is 1.87 bits per heavy atom. The number of methoxy groups -OCH3 is 1. The van der Waals surface area contributed by atoms with Crippen LogP contribution in [-0.2, 0) is 14.0 Å². The molecule has 5 nitrogen and oxygen atoms in total. The molecule has 0 spiro atoms. The molecule has 0 bridgehead atoms. The van der Waals surface area contributed by atoms with Crippen molar-refractivity contribution in [2.75, 3.05) is 26.9 Å². The van der Waals surface area contributed by atoms with Gasteiger partial charge in [0.1, 0.15) is 11.6 Å². The first-order valence-corrected chi connectivity index (χ1v) is 17.6. The molecule has 1 saturated heterocycles. The van der Waals surface area contributed by atoms with Gasteiger partial charge >= 0.3 is 0 Å². The molecule has 1 amide bonds. The third-order valence-electron chi connectivity index (χ3n) is 9.14. The van der Waals surface area contributed by atoms with Gasteiger partial charge in [-0.15, -0.1) is 0 Å². The van der Waals surface area contributed by atoms with Crippen molar-refractivity contribution < 1.29 is 23.1 Å². The van der Waals surface area contributed by atoms with Crippen molar-refractivity contribution in [1.29, 1.82) is 0 Å². The van der Waals surface area contributed by atoms with E-state index in [9.17, 15) is 9.18 Å². The molecule has 0 aromatic heterocycles. The lowest BCUT2D eigenvalue weighted by Gasteiger charge is -2.47. The second-order valence-electron chi connectivity index (χ2n) is 13.0. The van der Waals surface area contributed by atoms with E-state index in [4.69, 9.17) is 13.9 Å². The summed E-state index contributed by atoms with van der Waals surface area (Å²) in [5.74, 6) is 0.589. The highest BCUT2D eigenvalue weighted by Gasteiger charge is 2.64. The third-order valence-corrected chi connectivity index (χ3v) is 14.3. The summed E-state index contributed by atoms with van der Waals surface area (Å²) in [4.78, 5) is 14.2. The Labute approximate surface area is 242 Å². The molecule has 1 heterocycles. The quantitative estimate of drug-likeness (QED) is 0.261. The van der Waals surface area contributed by atoms with Gasteiger partial charge in [0, 0.05) is 12.0 Å². The minimum atomic E-state index is -1.97. The van der Waals surface area contributed by atoms with Crippen molar-refractivity contribution in [3.8, 4) is 5.75 Å². The monoisotopic (exact) mass is 619 g/mol. The van der Waals surface area contributed by atoms with Gasteiger partial charge < -0.3 is 19.2 Å². The Morgan fingerprint density at radius 3 is 2.41 bits per heavy atom. The number of hydrogen-bond acceptors (Lipinski definition) is 4. The molecule has 2 fully saturated rings. The maximum Gasteiger partial charge on any atom is 0.227 e. The van der Waals surface area contributed by atoms with Crippen LogP contribution >= 0.6 is 15.9 Å². The van der Waals surface area contributed by atoms with Crippen molar-refractivity contribution in [2.24, 2.45) is 10.8 Å². The van der Waals surface area contributed by atoms with Crippen LogP contribution in [0, 0.1) is 16.6 Å². The summed E-state index contributed by atoms with van der Waals surface area (Å²) < 4.78 is 32.5. The van der Waals surface area contributed by atoms with E-state index in [1.165, 1.54) is 12.1 Å². The zero-order valence-corrected chi connectivity index (χ0v) is 26.9. The zero-order valence-electron chi connectivity index (χ0n) is 24.3. The van der Waals surface area contributed by atoms with E-state index in [1.807, 2.05) is 19.1 Å². The van der Waals surface area contributed by atoms with E-state index < -0.39 is 13.7 Å². The van der Waals surface area contributed by atoms with Crippen molar-refractivity contribution in [3.05, 3.63) is 63.9 Å². The van der Waals surface area contributed by atoms with E-state index in [0.717, 1.165) is 27.8 Å². The van der Waals surface area contributed by atoms with Crippen LogP contribution in [0.15, 0.2) is 46.9 Å². The van der Waals surface area contributed by atoms with Crippen LogP contribution in [0.3, 0.4) is 0 Å². The molecule has 1 aliphatic carbocycles. The van der Waals surface area contributed by atoms with Gasteiger partial charge in [-0.05, 0) is 94.6 Å². The zero-order chi connectivity index (χ0) is 28.6. The number of rotatable bonds is 11. The number of benzene rings is 2. The molecule has 8 heteroatoms. The summed E-state index contributed by atoms with van der Waals surface area (Å²) >= 11 is 3.55. The van der Waals surface area contributed by atoms with Crippen molar-refractivity contribution in [1.82, 2.24) is 5.32 Å². The topological polar surface area (TPSA) is 56.8 Å². The molecule has 214 valence electrons. The van der Waals surface area contributed by atoms with Gasteiger partial charge in [-0.1, -0.05) is 45.9 Å². The van der Waals surface area contributed by atoms with Gasteiger partial charge in [0.15, 0.2) is 8.32 Å². The molecule has 3 atom stereocenters. The minimum Gasteiger partial charge on any atom is -0.496 e. The average molecular weight is 621 g/mol. The van der Waals surface area contributed by atoms with E-state index in [2.05, 4.69) is 61.2 Å². The van der Waals surface area contributed by atoms with Crippen molar-refractivity contribution in [2.45, 2.75) is 77.0 Å². The lowest BCUT2D eigenvalue weighted by Crippen LogP contribution is -2.53. The highest BCUT2D eigenvalue weighted by atomic mass is 79.9. The van der Waals surface area contributed by atoms with E-state index in [1.54, 1.807) is 19.2 Å². The fourth-order valence-electron chi connectivity index (χ4n) is 5.43. The predicted octanol–water partition coefficient (Wildman–Crippen LogP) is 7.77. The molecular formula is C31H43BrFNO4Si. The number of carbonyl (C=O) groups is 1. The van der Waals surface area contributed by atoms with E-state index in [-0.39, 0.29) is 34.1 Å². The summed E-state index contributed by atoms with van der Waals surface area (Å²) in [7, 11) is -0.311. The lowest BCUT2D eigenvalue weighted by atomic mass is 9.74. The number of hydrogen-bond donors (Lipinski definition) is 1. The molecule has 1 saturated carbocycles. The summed E-state index contributed by atoms with van der Waals surface area (Å²) in [6.45, 7) is 15.1. The first kappa shape index (κ1) is 30.2. The molecule has 39 heavy (non-hydrogen) atoms. The Bertz CT molecular complexity index is 1180. The Morgan fingerprint density at radius 1 is 1.21 bits per heavy atom. The maximum absolute atomic E-state index is 14.2. The summed E-state index contributed by atoms with van der Waals surface area (Å²) in [5.41, 5.74) is 1.24. The Balaban J connectivity index is 1.62. The van der Waals surface area contributed by atoms with Gasteiger partial charge in [-0.25, -0.2) is 4.39 Å². The largest absolute Gasteiger partial charge is 0.496 e. The molecule has 0 radical (unpaired) electrons. The number of amides is 1. The summed E-state index contributed by atoms with van der Waals surface area (Å²) in [6.07, 6.45) is 2.17. The molecule has 2 aliphatic rings. The smallest absolute Gasteiger partial charge is 0.227 e. The van der Waals surface area contributed by atoms with Crippen LogP contribution in [0.25, 0.3) is 0 Å². The Kier molecular flexibility index (Phi) is 8.73. The SMILES string of the molecule is CCC(NC(=O)C1(CC2(CO[Si](C)(C)C(C)(C)C)COC2)CC1c1ccc(Br)c(OC)c1)c1ccc(F)cc1. The van der Waals surface area contributed by atoms with Crippen molar-refractivity contribution >= 4 is 30.2 Å². The first-order chi connectivity index (χ1) is 18.3. The van der Waals surface area contributed by atoms with Crippen LogP contribution in [0.2, 0.25) is 18.1 Å². The highest BCUT2D eigenvalue weighted by molar-refractivity contribution is 9.10. The van der Waals surface area contributed by atoms with E-state index >= 15 is 0 Å². The summed E-state index contributed by atoms with van der Waals surface area (Å²) in [6, 6.07) is 12.3. The van der Waals surface area contributed by atoms with Crippen LogP contribution in [0.5, 0.6) is 5.75 Å². The minimum absolute atomic E-state index is 0.0455. The van der Waals surface area contributed by atoms with Gasteiger partial charge in [0.2, 0.25) is 5.91 Å². The number of ether oxygens (including phenoxy) is 2. The predicted molar refractivity (Wildman–Crippen MR) is 159 cm³/mol. The second kappa shape index (κ2) is 11.3. The number of nitrogens with one attached hydrogen (secondary N) is 1. The van der Waals surface area contributed by atoms with Crippen LogP contribution in [0.4, 0.5) is 4.39 Å². The molecule has 3 unspecified atom stereocenters. The first-order valence-electron chi connectivity index (χ1n) is 13.9. The second-order valence-corrected chi connectivity index (χ2v) is 18.7. The molecule has 4 rings (SSSR count). The Hall–Kier alpha value is -1.74. The number of carbonyl (C=O) groups excluding carboxylic acids is 1. The normalized spacial score (nSPS) is 23.1. The maximum atomic E-state index is 14.2. The van der Waals surface area contributed by atoms with E-state index in [0.29, 0.717) is 32.7 Å².